The van der Waals surface area contributed by atoms with Crippen molar-refractivity contribution in [3.05, 3.63) is 57.4 Å². The van der Waals surface area contributed by atoms with Crippen LogP contribution >= 0.6 is 22.9 Å². The van der Waals surface area contributed by atoms with Crippen molar-refractivity contribution in [3.63, 3.8) is 0 Å². The van der Waals surface area contributed by atoms with Gasteiger partial charge in [-0.15, -0.1) is 11.3 Å². The van der Waals surface area contributed by atoms with Gasteiger partial charge >= 0.3 is 0 Å². The number of methoxy groups -OCH3 is 2. The van der Waals surface area contributed by atoms with E-state index >= 15 is 0 Å². The average molecular weight is 389 g/mol. The highest BCUT2D eigenvalue weighted by Gasteiger charge is 2.16. The number of nitrogens with one attached hydrogen (secondary N) is 1. The summed E-state index contributed by atoms with van der Waals surface area (Å²) in [6.45, 7) is 2.00. The van der Waals surface area contributed by atoms with Crippen LogP contribution in [0.2, 0.25) is 5.02 Å². The number of rotatable bonds is 5. The molecular formula is C19H17ClN2O3S. The highest BCUT2D eigenvalue weighted by atomic mass is 35.5. The zero-order valence-corrected chi connectivity index (χ0v) is 16.1. The standard InChI is InChI=1S/C19H17ClN2O3S/c1-11-4-7-14-16(8-11)26-18(17(14)20)19(23)22-21-10-12-5-6-13(24-2)9-15(12)25-3/h4-10H,1-3H3,(H,22,23). The Bertz CT molecular complexity index is 998. The SMILES string of the molecule is COc1ccc(C=NNC(=O)c2sc3cc(C)ccc3c2Cl)c(OC)c1. The lowest BCUT2D eigenvalue weighted by atomic mass is 10.2. The molecule has 3 rings (SSSR count). The Hall–Kier alpha value is -2.57. The van der Waals surface area contributed by atoms with Crippen LogP contribution in [0, 0.1) is 6.92 Å². The van der Waals surface area contributed by atoms with E-state index in [1.165, 1.54) is 17.6 Å². The number of benzene rings is 2. The van der Waals surface area contributed by atoms with Gasteiger partial charge in [-0.25, -0.2) is 5.43 Å². The van der Waals surface area contributed by atoms with Gasteiger partial charge in [0.05, 0.1) is 25.5 Å². The number of hydrogen-bond donors (Lipinski definition) is 1. The number of thiophene rings is 1. The highest BCUT2D eigenvalue weighted by Crippen LogP contribution is 2.35. The summed E-state index contributed by atoms with van der Waals surface area (Å²) in [5, 5.41) is 5.33. The zero-order valence-electron chi connectivity index (χ0n) is 14.5. The molecule has 1 heterocycles. The van der Waals surface area contributed by atoms with Crippen molar-refractivity contribution >= 4 is 45.1 Å². The van der Waals surface area contributed by atoms with E-state index < -0.39 is 0 Å². The molecule has 5 nitrogen and oxygen atoms in total. The van der Waals surface area contributed by atoms with Gasteiger partial charge in [-0.1, -0.05) is 23.7 Å². The van der Waals surface area contributed by atoms with Crippen molar-refractivity contribution in [2.24, 2.45) is 5.10 Å². The zero-order chi connectivity index (χ0) is 18.7. The number of hydrogen-bond acceptors (Lipinski definition) is 5. The lowest BCUT2D eigenvalue weighted by molar-refractivity contribution is 0.0959. The Morgan fingerprint density at radius 2 is 2.00 bits per heavy atom. The van der Waals surface area contributed by atoms with E-state index in [9.17, 15) is 4.79 Å². The summed E-state index contributed by atoms with van der Waals surface area (Å²) in [4.78, 5) is 12.9. The molecule has 1 amide bonds. The van der Waals surface area contributed by atoms with Gasteiger partial charge in [0, 0.05) is 21.7 Å². The second-order valence-corrected chi connectivity index (χ2v) is 6.98. The third-order valence-electron chi connectivity index (χ3n) is 3.80. The lowest BCUT2D eigenvalue weighted by Gasteiger charge is -2.06. The summed E-state index contributed by atoms with van der Waals surface area (Å²) in [5.74, 6) is 0.922. The third-order valence-corrected chi connectivity index (χ3v) is 5.46. The molecule has 3 aromatic rings. The number of hydrazone groups is 1. The van der Waals surface area contributed by atoms with Crippen LogP contribution in [0.4, 0.5) is 0 Å². The van der Waals surface area contributed by atoms with Crippen LogP contribution in [0.15, 0.2) is 41.5 Å². The summed E-state index contributed by atoms with van der Waals surface area (Å²) < 4.78 is 11.4. The molecule has 0 saturated heterocycles. The topological polar surface area (TPSA) is 59.9 Å². The molecule has 0 unspecified atom stereocenters. The number of nitrogens with zero attached hydrogens (tertiary/aromatic N) is 1. The molecule has 134 valence electrons. The minimum atomic E-state index is -0.349. The van der Waals surface area contributed by atoms with Gasteiger partial charge in [-0.05, 0) is 30.7 Å². The molecule has 26 heavy (non-hydrogen) atoms. The summed E-state index contributed by atoms with van der Waals surface area (Å²) in [6, 6.07) is 11.2. The molecule has 1 aromatic heterocycles. The van der Waals surface area contributed by atoms with Crippen molar-refractivity contribution in [3.8, 4) is 11.5 Å². The number of aryl methyl sites for hydroxylation is 1. The van der Waals surface area contributed by atoms with Crippen molar-refractivity contribution in [2.45, 2.75) is 6.92 Å². The van der Waals surface area contributed by atoms with Crippen LogP contribution in [0.5, 0.6) is 11.5 Å². The van der Waals surface area contributed by atoms with E-state index in [4.69, 9.17) is 21.1 Å². The average Bonchev–Trinajstić information content (AvgIpc) is 2.97. The Morgan fingerprint density at radius 3 is 2.73 bits per heavy atom. The van der Waals surface area contributed by atoms with Crippen LogP contribution in [0.1, 0.15) is 20.8 Å². The number of fused-ring (bicyclic) bond motifs is 1. The molecule has 1 N–H and O–H groups in total. The molecule has 0 atom stereocenters. The van der Waals surface area contributed by atoms with Crippen LogP contribution in [-0.2, 0) is 0 Å². The van der Waals surface area contributed by atoms with Gasteiger partial charge in [0.2, 0.25) is 0 Å². The first-order chi connectivity index (χ1) is 12.5. The number of carbonyl (C=O) groups is 1. The summed E-state index contributed by atoms with van der Waals surface area (Å²) >= 11 is 7.69. The van der Waals surface area contributed by atoms with E-state index in [-0.39, 0.29) is 5.91 Å². The van der Waals surface area contributed by atoms with E-state index in [0.717, 1.165) is 15.6 Å². The van der Waals surface area contributed by atoms with E-state index in [2.05, 4.69) is 10.5 Å². The second-order valence-electron chi connectivity index (χ2n) is 5.55. The van der Waals surface area contributed by atoms with Gasteiger partial charge in [-0.3, -0.25) is 4.79 Å². The predicted molar refractivity (Wildman–Crippen MR) is 106 cm³/mol. The molecule has 7 heteroatoms. The number of amides is 1. The van der Waals surface area contributed by atoms with E-state index in [0.29, 0.717) is 27.0 Å². The smallest absolute Gasteiger partial charge is 0.283 e. The van der Waals surface area contributed by atoms with Crippen LogP contribution in [-0.4, -0.2) is 26.3 Å². The van der Waals surface area contributed by atoms with Crippen LogP contribution in [0.3, 0.4) is 0 Å². The Labute approximate surface area is 160 Å². The minimum Gasteiger partial charge on any atom is -0.497 e. The number of halogens is 1. The van der Waals surface area contributed by atoms with Crippen LogP contribution < -0.4 is 14.9 Å². The van der Waals surface area contributed by atoms with Crippen molar-refractivity contribution in [1.29, 1.82) is 0 Å². The second kappa shape index (κ2) is 7.76. The summed E-state index contributed by atoms with van der Waals surface area (Å²) in [5.41, 5.74) is 4.35. The lowest BCUT2D eigenvalue weighted by Crippen LogP contribution is -2.16. The van der Waals surface area contributed by atoms with Gasteiger partial charge in [0.25, 0.3) is 5.91 Å². The van der Waals surface area contributed by atoms with Crippen molar-refractivity contribution in [2.75, 3.05) is 14.2 Å². The normalized spacial score (nSPS) is 11.1. The largest absolute Gasteiger partial charge is 0.497 e. The molecule has 0 bridgehead atoms. The van der Waals surface area contributed by atoms with E-state index in [1.807, 2.05) is 25.1 Å². The Kier molecular flexibility index (Phi) is 5.44. The van der Waals surface area contributed by atoms with Crippen molar-refractivity contribution in [1.82, 2.24) is 5.43 Å². The first kappa shape index (κ1) is 18.2. The third kappa shape index (κ3) is 3.66. The molecular weight excluding hydrogens is 372 g/mol. The van der Waals surface area contributed by atoms with Gasteiger partial charge in [0.15, 0.2) is 0 Å². The van der Waals surface area contributed by atoms with Crippen molar-refractivity contribution < 1.29 is 14.3 Å². The first-order valence-electron chi connectivity index (χ1n) is 7.77. The van der Waals surface area contributed by atoms with Gasteiger partial charge in [-0.2, -0.15) is 5.10 Å². The molecule has 0 radical (unpaired) electrons. The fraction of sp³-hybridized carbons (Fsp3) is 0.158. The molecule has 2 aromatic carbocycles. The quantitative estimate of drug-likeness (QED) is 0.511. The molecule has 0 aliphatic heterocycles. The maximum atomic E-state index is 12.4. The predicted octanol–water partition coefficient (Wildman–Crippen LogP) is 4.64. The van der Waals surface area contributed by atoms with E-state index in [1.54, 1.807) is 32.4 Å². The summed E-state index contributed by atoms with van der Waals surface area (Å²) in [7, 11) is 3.14. The first-order valence-corrected chi connectivity index (χ1v) is 8.97. The highest BCUT2D eigenvalue weighted by molar-refractivity contribution is 7.21. The maximum absolute atomic E-state index is 12.4. The van der Waals surface area contributed by atoms with Gasteiger partial charge in [0.1, 0.15) is 16.4 Å². The molecule has 0 aliphatic rings. The minimum absolute atomic E-state index is 0.349. The number of ether oxygens (including phenoxy) is 2. The maximum Gasteiger partial charge on any atom is 0.283 e. The number of carbonyl (C=O) groups excluding carboxylic acids is 1. The Balaban J connectivity index is 1.79. The molecule has 0 fully saturated rings. The fourth-order valence-electron chi connectivity index (χ4n) is 2.45. The Morgan fingerprint density at radius 1 is 1.19 bits per heavy atom. The van der Waals surface area contributed by atoms with Gasteiger partial charge < -0.3 is 9.47 Å². The fourth-order valence-corrected chi connectivity index (χ4v) is 3.96. The monoisotopic (exact) mass is 388 g/mol. The van der Waals surface area contributed by atoms with Crippen LogP contribution in [0.25, 0.3) is 10.1 Å². The molecule has 0 spiro atoms. The molecule has 0 saturated carbocycles. The summed E-state index contributed by atoms with van der Waals surface area (Å²) in [6.07, 6.45) is 1.52. The molecule has 0 aliphatic carbocycles.